The zero-order chi connectivity index (χ0) is 14.7. The van der Waals surface area contributed by atoms with Crippen LogP contribution in [0.25, 0.3) is 0 Å². The minimum Gasteiger partial charge on any atom is -0.377 e. The van der Waals surface area contributed by atoms with Gasteiger partial charge in [0.15, 0.2) is 0 Å². The first-order valence-electron chi connectivity index (χ1n) is 8.30. The third-order valence-electron chi connectivity index (χ3n) is 5.16. The molecule has 116 valence electrons. The average Bonchev–Trinajstić information content (AvgIpc) is 2.93. The Morgan fingerprint density at radius 2 is 1.95 bits per heavy atom. The summed E-state index contributed by atoms with van der Waals surface area (Å²) in [7, 11) is 0. The van der Waals surface area contributed by atoms with Gasteiger partial charge in [-0.1, -0.05) is 30.3 Å². The van der Waals surface area contributed by atoms with E-state index in [2.05, 4.69) is 49.0 Å². The summed E-state index contributed by atoms with van der Waals surface area (Å²) in [5, 5.41) is 1.36. The molecule has 1 aromatic rings. The second-order valence-corrected chi connectivity index (χ2v) is 7.98. The molecule has 1 aromatic carbocycles. The lowest BCUT2D eigenvalue weighted by Crippen LogP contribution is -2.34. The summed E-state index contributed by atoms with van der Waals surface area (Å²) in [4.78, 5) is 0. The Bertz CT molecular complexity index is 438. The van der Waals surface area contributed by atoms with Crippen molar-refractivity contribution in [2.45, 2.75) is 55.1 Å². The van der Waals surface area contributed by atoms with Crippen molar-refractivity contribution in [1.82, 2.24) is 0 Å². The van der Waals surface area contributed by atoms with Gasteiger partial charge in [-0.25, -0.2) is 0 Å². The second-order valence-electron chi connectivity index (χ2n) is 6.49. The first kappa shape index (κ1) is 15.4. The Morgan fingerprint density at radius 3 is 2.62 bits per heavy atom. The van der Waals surface area contributed by atoms with Crippen LogP contribution in [-0.4, -0.2) is 29.8 Å². The summed E-state index contributed by atoms with van der Waals surface area (Å²) in [6.07, 6.45) is 5.45. The maximum Gasteiger partial charge on any atom is 0.0666 e. The molecule has 2 aliphatic rings. The molecular weight excluding hydrogens is 278 g/mol. The Morgan fingerprint density at radius 1 is 1.14 bits per heavy atom. The van der Waals surface area contributed by atoms with Crippen molar-refractivity contribution in [3.63, 3.8) is 0 Å². The maximum atomic E-state index is 6.04. The quantitative estimate of drug-likeness (QED) is 0.919. The molecule has 0 aromatic heterocycles. The van der Waals surface area contributed by atoms with Crippen molar-refractivity contribution < 1.29 is 4.74 Å². The largest absolute Gasteiger partial charge is 0.377 e. The highest BCUT2D eigenvalue weighted by Crippen LogP contribution is 2.44. The minimum absolute atomic E-state index is 0.408. The fourth-order valence-corrected chi connectivity index (χ4v) is 5.57. The Balaban J connectivity index is 1.67. The Kier molecular flexibility index (Phi) is 5.25. The van der Waals surface area contributed by atoms with Crippen molar-refractivity contribution in [1.29, 1.82) is 0 Å². The van der Waals surface area contributed by atoms with Gasteiger partial charge in [0, 0.05) is 17.1 Å². The number of nitrogens with two attached hydrogens (primary N) is 1. The zero-order valence-electron chi connectivity index (χ0n) is 12.9. The molecule has 3 heteroatoms. The molecule has 2 fully saturated rings. The van der Waals surface area contributed by atoms with E-state index in [1.165, 1.54) is 31.2 Å². The summed E-state index contributed by atoms with van der Waals surface area (Å²) in [6, 6.07) is 11.0. The number of benzene rings is 1. The summed E-state index contributed by atoms with van der Waals surface area (Å²) >= 11 is 2.16. The number of rotatable bonds is 4. The molecule has 1 saturated heterocycles. The van der Waals surface area contributed by atoms with Crippen LogP contribution in [0.1, 0.15) is 44.1 Å². The van der Waals surface area contributed by atoms with Gasteiger partial charge >= 0.3 is 0 Å². The van der Waals surface area contributed by atoms with Gasteiger partial charge in [0.05, 0.1) is 6.10 Å². The highest BCUT2D eigenvalue weighted by Gasteiger charge is 2.35. The van der Waals surface area contributed by atoms with Gasteiger partial charge in [0.1, 0.15) is 0 Å². The van der Waals surface area contributed by atoms with E-state index in [9.17, 15) is 0 Å². The number of thioether (sulfide) groups is 1. The van der Waals surface area contributed by atoms with Gasteiger partial charge in [-0.05, 0) is 56.6 Å². The van der Waals surface area contributed by atoms with Crippen LogP contribution < -0.4 is 5.73 Å². The third-order valence-corrected chi connectivity index (χ3v) is 7.05. The molecule has 5 unspecified atom stereocenters. The topological polar surface area (TPSA) is 35.2 Å². The third kappa shape index (κ3) is 3.64. The van der Waals surface area contributed by atoms with Crippen LogP contribution in [0.5, 0.6) is 0 Å². The molecule has 21 heavy (non-hydrogen) atoms. The van der Waals surface area contributed by atoms with Crippen LogP contribution in [-0.2, 0) is 4.74 Å². The predicted octanol–water partition coefficient (Wildman–Crippen LogP) is 3.81. The van der Waals surface area contributed by atoms with Crippen LogP contribution in [0.4, 0.5) is 0 Å². The van der Waals surface area contributed by atoms with E-state index in [4.69, 9.17) is 10.5 Å². The van der Waals surface area contributed by atoms with Crippen molar-refractivity contribution in [3.05, 3.63) is 35.9 Å². The second kappa shape index (κ2) is 7.17. The van der Waals surface area contributed by atoms with E-state index < -0.39 is 0 Å². The highest BCUT2D eigenvalue weighted by molar-refractivity contribution is 8.00. The molecule has 1 saturated carbocycles. The van der Waals surface area contributed by atoms with Gasteiger partial charge in [0.25, 0.3) is 0 Å². The number of ether oxygens (including phenoxy) is 1. The molecule has 2 nitrogen and oxygen atoms in total. The van der Waals surface area contributed by atoms with Gasteiger partial charge in [0.2, 0.25) is 0 Å². The van der Waals surface area contributed by atoms with Crippen LogP contribution >= 0.6 is 11.8 Å². The molecule has 3 rings (SSSR count). The first-order chi connectivity index (χ1) is 10.3. The van der Waals surface area contributed by atoms with E-state index in [-0.39, 0.29) is 0 Å². The molecule has 5 atom stereocenters. The van der Waals surface area contributed by atoms with Gasteiger partial charge in [-0.3, -0.25) is 0 Å². The molecule has 0 bridgehead atoms. The highest BCUT2D eigenvalue weighted by atomic mass is 32.2. The van der Waals surface area contributed by atoms with E-state index in [0.29, 0.717) is 28.4 Å². The molecule has 0 amide bonds. The van der Waals surface area contributed by atoms with Gasteiger partial charge in [-0.2, -0.15) is 11.8 Å². The van der Waals surface area contributed by atoms with Crippen molar-refractivity contribution in [2.75, 3.05) is 13.2 Å². The zero-order valence-corrected chi connectivity index (χ0v) is 13.7. The Hall–Kier alpha value is -0.510. The lowest BCUT2D eigenvalue weighted by Gasteiger charge is -2.37. The molecule has 1 aliphatic carbocycles. The lowest BCUT2D eigenvalue weighted by molar-refractivity contribution is 0.127. The lowest BCUT2D eigenvalue weighted by atomic mass is 9.78. The maximum absolute atomic E-state index is 6.04. The SMILES string of the molecule is CC1OCCC1SC1CC(c2ccccc2)CCC1CN. The van der Waals surface area contributed by atoms with Crippen molar-refractivity contribution >= 4 is 11.8 Å². The average molecular weight is 305 g/mol. The molecular formula is C18H27NOS. The summed E-state index contributed by atoms with van der Waals surface area (Å²) in [5.74, 6) is 1.40. The predicted molar refractivity (Wildman–Crippen MR) is 90.8 cm³/mol. The first-order valence-corrected chi connectivity index (χ1v) is 9.24. The van der Waals surface area contributed by atoms with Gasteiger partial charge in [-0.15, -0.1) is 0 Å². The normalized spacial score (nSPS) is 36.8. The van der Waals surface area contributed by atoms with Crippen LogP contribution in [0.2, 0.25) is 0 Å². The van der Waals surface area contributed by atoms with E-state index >= 15 is 0 Å². The number of hydrogen-bond donors (Lipinski definition) is 1. The molecule has 2 N–H and O–H groups in total. The molecule has 1 aliphatic heterocycles. The van der Waals surface area contributed by atoms with Crippen molar-refractivity contribution in [2.24, 2.45) is 11.7 Å². The monoisotopic (exact) mass is 305 g/mol. The van der Waals surface area contributed by atoms with E-state index in [1.807, 2.05) is 0 Å². The van der Waals surface area contributed by atoms with E-state index in [0.717, 1.165) is 13.2 Å². The smallest absolute Gasteiger partial charge is 0.0666 e. The van der Waals surface area contributed by atoms with Crippen LogP contribution in [0, 0.1) is 5.92 Å². The fourth-order valence-electron chi connectivity index (χ4n) is 3.77. The van der Waals surface area contributed by atoms with Crippen LogP contribution in [0.3, 0.4) is 0 Å². The number of hydrogen-bond acceptors (Lipinski definition) is 3. The molecule has 1 heterocycles. The van der Waals surface area contributed by atoms with Crippen molar-refractivity contribution in [3.8, 4) is 0 Å². The standard InChI is InChI=1S/C18H27NOS/c1-13-17(9-10-20-13)21-18-11-15(7-8-16(18)12-19)14-5-3-2-4-6-14/h2-6,13,15-18H,7-12,19H2,1H3. The van der Waals surface area contributed by atoms with Crippen LogP contribution in [0.15, 0.2) is 30.3 Å². The molecule has 0 radical (unpaired) electrons. The summed E-state index contributed by atoms with van der Waals surface area (Å²) in [6.45, 7) is 3.99. The van der Waals surface area contributed by atoms with Gasteiger partial charge < -0.3 is 10.5 Å². The summed E-state index contributed by atoms with van der Waals surface area (Å²) < 4.78 is 5.74. The summed E-state index contributed by atoms with van der Waals surface area (Å²) in [5.41, 5.74) is 7.55. The van der Waals surface area contributed by atoms with E-state index in [1.54, 1.807) is 0 Å². The fraction of sp³-hybridized carbons (Fsp3) is 0.667. The molecule has 0 spiro atoms. The minimum atomic E-state index is 0.408. The Labute approximate surface area is 132 Å².